The maximum atomic E-state index is 12.2. The van der Waals surface area contributed by atoms with Crippen molar-refractivity contribution in [3.63, 3.8) is 0 Å². The Bertz CT molecular complexity index is 636. The zero-order chi connectivity index (χ0) is 15.4. The number of hydrogen-bond acceptors (Lipinski definition) is 4. The first-order valence-electron chi connectivity index (χ1n) is 7.32. The second-order valence-electron chi connectivity index (χ2n) is 5.27. The number of carbonyl (C=O) groups is 1. The number of carbonyl (C=O) groups excluding carboxylic acids is 1. The molecule has 1 saturated heterocycles. The number of benzene rings is 1. The summed E-state index contributed by atoms with van der Waals surface area (Å²) in [5.41, 5.74) is 1.50. The predicted octanol–water partition coefficient (Wildman–Crippen LogP) is 2.98. The van der Waals surface area contributed by atoms with E-state index in [2.05, 4.69) is 15.3 Å². The van der Waals surface area contributed by atoms with E-state index in [-0.39, 0.29) is 5.91 Å². The zero-order valence-electron chi connectivity index (χ0n) is 12.1. The number of rotatable bonds is 4. The SMILES string of the molecule is O=C(c1cnc(NCc2ccc(Cl)cc2)cn1)N1CCCC1. The molecular weight excluding hydrogens is 300 g/mol. The third kappa shape index (κ3) is 3.54. The molecule has 0 saturated carbocycles. The second kappa shape index (κ2) is 6.75. The minimum absolute atomic E-state index is 0.0331. The van der Waals surface area contributed by atoms with Crippen LogP contribution in [0.1, 0.15) is 28.9 Å². The molecule has 0 spiro atoms. The maximum absolute atomic E-state index is 12.2. The average molecular weight is 317 g/mol. The Kier molecular flexibility index (Phi) is 4.53. The topological polar surface area (TPSA) is 58.1 Å². The summed E-state index contributed by atoms with van der Waals surface area (Å²) in [6.07, 6.45) is 5.27. The summed E-state index contributed by atoms with van der Waals surface area (Å²) in [5, 5.41) is 3.89. The summed E-state index contributed by atoms with van der Waals surface area (Å²) >= 11 is 5.85. The number of amides is 1. The number of hydrogen-bond donors (Lipinski definition) is 1. The van der Waals surface area contributed by atoms with Crippen LogP contribution in [0.2, 0.25) is 5.02 Å². The third-order valence-corrected chi connectivity index (χ3v) is 3.90. The summed E-state index contributed by atoms with van der Waals surface area (Å²) in [4.78, 5) is 22.5. The molecule has 1 aromatic carbocycles. The fraction of sp³-hybridized carbons (Fsp3) is 0.312. The van der Waals surface area contributed by atoms with E-state index in [9.17, 15) is 4.79 Å². The van der Waals surface area contributed by atoms with Gasteiger partial charge < -0.3 is 10.2 Å². The highest BCUT2D eigenvalue weighted by Crippen LogP contribution is 2.13. The molecule has 1 amide bonds. The fourth-order valence-electron chi connectivity index (χ4n) is 2.41. The highest BCUT2D eigenvalue weighted by molar-refractivity contribution is 6.30. The van der Waals surface area contributed by atoms with Crippen LogP contribution in [0.15, 0.2) is 36.7 Å². The molecule has 0 atom stereocenters. The number of halogens is 1. The predicted molar refractivity (Wildman–Crippen MR) is 85.9 cm³/mol. The van der Waals surface area contributed by atoms with E-state index < -0.39 is 0 Å². The molecule has 0 unspecified atom stereocenters. The summed E-state index contributed by atoms with van der Waals surface area (Å²) in [6, 6.07) is 7.60. The van der Waals surface area contributed by atoms with Gasteiger partial charge in [-0.15, -0.1) is 0 Å². The smallest absolute Gasteiger partial charge is 0.274 e. The molecule has 0 aliphatic carbocycles. The second-order valence-corrected chi connectivity index (χ2v) is 5.70. The lowest BCUT2D eigenvalue weighted by atomic mass is 10.2. The summed E-state index contributed by atoms with van der Waals surface area (Å²) in [6.45, 7) is 2.26. The van der Waals surface area contributed by atoms with Crippen LogP contribution in [0, 0.1) is 0 Å². The monoisotopic (exact) mass is 316 g/mol. The van der Waals surface area contributed by atoms with Crippen LogP contribution in [-0.2, 0) is 6.54 Å². The quantitative estimate of drug-likeness (QED) is 0.942. The van der Waals surface area contributed by atoms with Crippen LogP contribution in [0.4, 0.5) is 5.82 Å². The van der Waals surface area contributed by atoms with E-state index in [1.807, 2.05) is 29.2 Å². The molecule has 22 heavy (non-hydrogen) atoms. The van der Waals surface area contributed by atoms with E-state index in [1.165, 1.54) is 6.20 Å². The van der Waals surface area contributed by atoms with Crippen molar-refractivity contribution < 1.29 is 4.79 Å². The molecule has 1 aliphatic heterocycles. The molecule has 5 nitrogen and oxygen atoms in total. The first-order valence-corrected chi connectivity index (χ1v) is 7.70. The van der Waals surface area contributed by atoms with E-state index >= 15 is 0 Å². The summed E-state index contributed by atoms with van der Waals surface area (Å²) in [5.74, 6) is 0.613. The fourth-order valence-corrected chi connectivity index (χ4v) is 2.53. The summed E-state index contributed by atoms with van der Waals surface area (Å²) in [7, 11) is 0. The van der Waals surface area contributed by atoms with Crippen molar-refractivity contribution in [1.82, 2.24) is 14.9 Å². The Morgan fingerprint density at radius 1 is 1.14 bits per heavy atom. The minimum atomic E-state index is -0.0331. The Labute approximate surface area is 134 Å². The normalized spacial score (nSPS) is 14.1. The standard InChI is InChI=1S/C16H17ClN4O/c17-13-5-3-12(4-6-13)9-19-15-11-18-14(10-20-15)16(22)21-7-1-2-8-21/h3-6,10-11H,1-2,7-9H2,(H,19,20). The molecule has 0 bridgehead atoms. The Balaban J connectivity index is 1.59. The van der Waals surface area contributed by atoms with Gasteiger partial charge in [-0.25, -0.2) is 9.97 Å². The van der Waals surface area contributed by atoms with E-state index in [0.717, 1.165) is 31.5 Å². The van der Waals surface area contributed by atoms with Crippen LogP contribution in [-0.4, -0.2) is 33.9 Å². The van der Waals surface area contributed by atoms with Gasteiger partial charge in [0.25, 0.3) is 5.91 Å². The molecule has 1 aliphatic rings. The van der Waals surface area contributed by atoms with Gasteiger partial charge in [0, 0.05) is 24.7 Å². The van der Waals surface area contributed by atoms with Gasteiger partial charge in [0.2, 0.25) is 0 Å². The largest absolute Gasteiger partial charge is 0.365 e. The van der Waals surface area contributed by atoms with Crippen LogP contribution in [0.3, 0.4) is 0 Å². The highest BCUT2D eigenvalue weighted by Gasteiger charge is 2.20. The molecule has 1 fully saturated rings. The van der Waals surface area contributed by atoms with E-state index in [0.29, 0.717) is 23.1 Å². The number of aromatic nitrogens is 2. The molecule has 1 aromatic heterocycles. The number of nitrogens with one attached hydrogen (secondary N) is 1. The number of anilines is 1. The third-order valence-electron chi connectivity index (χ3n) is 3.65. The molecule has 3 rings (SSSR count). The maximum Gasteiger partial charge on any atom is 0.274 e. The van der Waals surface area contributed by atoms with Gasteiger partial charge in [0.05, 0.1) is 12.4 Å². The molecule has 114 valence electrons. The first kappa shape index (κ1) is 14.8. The van der Waals surface area contributed by atoms with Gasteiger partial charge in [0.15, 0.2) is 0 Å². The molecule has 1 N–H and O–H groups in total. The van der Waals surface area contributed by atoms with Gasteiger partial charge >= 0.3 is 0 Å². The molecule has 2 heterocycles. The highest BCUT2D eigenvalue weighted by atomic mass is 35.5. The molecular formula is C16H17ClN4O. The van der Waals surface area contributed by atoms with Crippen molar-refractivity contribution in [2.45, 2.75) is 19.4 Å². The van der Waals surface area contributed by atoms with E-state index in [1.54, 1.807) is 6.20 Å². The molecule has 0 radical (unpaired) electrons. The lowest BCUT2D eigenvalue weighted by molar-refractivity contribution is 0.0786. The van der Waals surface area contributed by atoms with Gasteiger partial charge in [0.1, 0.15) is 11.5 Å². The number of nitrogens with zero attached hydrogens (tertiary/aromatic N) is 3. The average Bonchev–Trinajstić information content (AvgIpc) is 3.09. The van der Waals surface area contributed by atoms with Crippen LogP contribution in [0.5, 0.6) is 0 Å². The van der Waals surface area contributed by atoms with Crippen molar-refractivity contribution in [1.29, 1.82) is 0 Å². The molecule has 2 aromatic rings. The van der Waals surface area contributed by atoms with Crippen molar-refractivity contribution in [3.8, 4) is 0 Å². The van der Waals surface area contributed by atoms with E-state index in [4.69, 9.17) is 11.6 Å². The van der Waals surface area contributed by atoms with Crippen LogP contribution >= 0.6 is 11.6 Å². The minimum Gasteiger partial charge on any atom is -0.365 e. The van der Waals surface area contributed by atoms with Gasteiger partial charge in [-0.3, -0.25) is 4.79 Å². The van der Waals surface area contributed by atoms with Crippen molar-refractivity contribution in [2.75, 3.05) is 18.4 Å². The van der Waals surface area contributed by atoms with Crippen LogP contribution in [0.25, 0.3) is 0 Å². The van der Waals surface area contributed by atoms with Gasteiger partial charge in [-0.2, -0.15) is 0 Å². The van der Waals surface area contributed by atoms with Gasteiger partial charge in [-0.05, 0) is 30.5 Å². The number of likely N-dealkylation sites (tertiary alicyclic amines) is 1. The zero-order valence-corrected chi connectivity index (χ0v) is 12.9. The lowest BCUT2D eigenvalue weighted by Crippen LogP contribution is -2.28. The van der Waals surface area contributed by atoms with Crippen molar-refractivity contribution in [3.05, 3.63) is 52.9 Å². The Hall–Kier alpha value is -2.14. The Morgan fingerprint density at radius 3 is 2.50 bits per heavy atom. The van der Waals surface area contributed by atoms with Crippen LogP contribution < -0.4 is 5.32 Å². The lowest BCUT2D eigenvalue weighted by Gasteiger charge is -2.14. The van der Waals surface area contributed by atoms with Crippen molar-refractivity contribution >= 4 is 23.3 Å². The summed E-state index contributed by atoms with van der Waals surface area (Å²) < 4.78 is 0. The van der Waals surface area contributed by atoms with Crippen molar-refractivity contribution in [2.24, 2.45) is 0 Å². The van der Waals surface area contributed by atoms with Gasteiger partial charge in [-0.1, -0.05) is 23.7 Å². The Morgan fingerprint density at radius 2 is 1.86 bits per heavy atom. The first-order chi connectivity index (χ1) is 10.7. The molecule has 6 heteroatoms.